The molecule has 1 aliphatic rings. The molecule has 0 saturated carbocycles. The van der Waals surface area contributed by atoms with E-state index in [-0.39, 0.29) is 12.7 Å². The number of fused-ring (bicyclic) bond motifs is 2. The summed E-state index contributed by atoms with van der Waals surface area (Å²) in [5, 5.41) is 2.85. The molecule has 0 spiro atoms. The van der Waals surface area contributed by atoms with Gasteiger partial charge in [-0.15, -0.1) is 0 Å². The Morgan fingerprint density at radius 1 is 1.19 bits per heavy atom. The monoisotopic (exact) mass is 281 g/mol. The van der Waals surface area contributed by atoms with E-state index in [1.807, 2.05) is 28.9 Å². The summed E-state index contributed by atoms with van der Waals surface area (Å²) < 4.78 is 12.3. The Bertz CT molecular complexity index is 841. The van der Waals surface area contributed by atoms with Gasteiger partial charge in [0.15, 0.2) is 11.5 Å². The van der Waals surface area contributed by atoms with Gasteiger partial charge in [-0.2, -0.15) is 0 Å². The molecule has 0 bridgehead atoms. The van der Waals surface area contributed by atoms with Gasteiger partial charge in [0.1, 0.15) is 5.65 Å². The van der Waals surface area contributed by atoms with Crippen molar-refractivity contribution in [3.63, 3.8) is 0 Å². The predicted molar refractivity (Wildman–Crippen MR) is 75.7 cm³/mol. The van der Waals surface area contributed by atoms with Gasteiger partial charge in [0.2, 0.25) is 6.79 Å². The van der Waals surface area contributed by atoms with Crippen molar-refractivity contribution in [3.05, 3.63) is 54.5 Å². The summed E-state index contributed by atoms with van der Waals surface area (Å²) in [5.41, 5.74) is 2.05. The standard InChI is InChI=1S/C15H11N3O3/c19-15(10-1-3-12-13(7-10)21-9-20-12)17-11-2-4-14-16-5-6-18(14)8-11/h1-8H,9H2,(H,17,19). The quantitative estimate of drug-likeness (QED) is 0.783. The molecule has 0 unspecified atom stereocenters. The number of nitrogens with zero attached hydrogens (tertiary/aromatic N) is 2. The van der Waals surface area contributed by atoms with Gasteiger partial charge in [0.05, 0.1) is 5.69 Å². The Hall–Kier alpha value is -3.02. The second kappa shape index (κ2) is 4.52. The number of nitrogens with one attached hydrogen (secondary N) is 1. The summed E-state index contributed by atoms with van der Waals surface area (Å²) in [5.74, 6) is 1.05. The van der Waals surface area contributed by atoms with Crippen LogP contribution in [0.15, 0.2) is 48.9 Å². The number of hydrogen-bond acceptors (Lipinski definition) is 4. The first-order valence-electron chi connectivity index (χ1n) is 6.43. The van der Waals surface area contributed by atoms with Crippen LogP contribution in [0.5, 0.6) is 11.5 Å². The molecule has 1 amide bonds. The van der Waals surface area contributed by atoms with Crippen molar-refractivity contribution in [2.75, 3.05) is 12.1 Å². The topological polar surface area (TPSA) is 64.9 Å². The van der Waals surface area contributed by atoms with E-state index in [2.05, 4.69) is 10.3 Å². The third-order valence-corrected chi connectivity index (χ3v) is 3.28. The third kappa shape index (κ3) is 2.06. The smallest absolute Gasteiger partial charge is 0.255 e. The predicted octanol–water partition coefficient (Wildman–Crippen LogP) is 2.32. The van der Waals surface area contributed by atoms with Crippen LogP contribution in [-0.2, 0) is 0 Å². The second-order valence-corrected chi connectivity index (χ2v) is 4.63. The van der Waals surface area contributed by atoms with Gasteiger partial charge in [-0.3, -0.25) is 4.79 Å². The van der Waals surface area contributed by atoms with Crippen molar-refractivity contribution < 1.29 is 14.3 Å². The number of carbonyl (C=O) groups excluding carboxylic acids is 1. The van der Waals surface area contributed by atoms with Gasteiger partial charge < -0.3 is 19.2 Å². The molecule has 1 N–H and O–H groups in total. The fraction of sp³-hybridized carbons (Fsp3) is 0.0667. The lowest BCUT2D eigenvalue weighted by Gasteiger charge is -2.06. The summed E-state index contributed by atoms with van der Waals surface area (Å²) in [6.07, 6.45) is 5.34. The van der Waals surface area contributed by atoms with Crippen LogP contribution in [0.25, 0.3) is 5.65 Å². The van der Waals surface area contributed by atoms with Gasteiger partial charge in [0.25, 0.3) is 5.91 Å². The maximum Gasteiger partial charge on any atom is 0.255 e. The molecule has 6 heteroatoms. The summed E-state index contributed by atoms with van der Waals surface area (Å²) in [6.45, 7) is 0.192. The molecule has 3 aromatic rings. The summed E-state index contributed by atoms with van der Waals surface area (Å²) in [4.78, 5) is 16.4. The molecule has 2 aromatic heterocycles. The minimum absolute atomic E-state index is 0.192. The average molecular weight is 281 g/mol. The van der Waals surface area contributed by atoms with Gasteiger partial charge >= 0.3 is 0 Å². The number of pyridine rings is 1. The van der Waals surface area contributed by atoms with Crippen LogP contribution < -0.4 is 14.8 Å². The van der Waals surface area contributed by atoms with E-state index < -0.39 is 0 Å². The number of imidazole rings is 1. The van der Waals surface area contributed by atoms with Crippen LogP contribution in [0.3, 0.4) is 0 Å². The molecule has 1 aromatic carbocycles. The van der Waals surface area contributed by atoms with Crippen LogP contribution in [0.2, 0.25) is 0 Å². The highest BCUT2D eigenvalue weighted by Gasteiger charge is 2.16. The zero-order chi connectivity index (χ0) is 14.2. The zero-order valence-corrected chi connectivity index (χ0v) is 10.9. The van der Waals surface area contributed by atoms with Crippen molar-refractivity contribution in [2.45, 2.75) is 0 Å². The molecule has 3 heterocycles. The maximum atomic E-state index is 12.3. The summed E-state index contributed by atoms with van der Waals surface area (Å²) in [7, 11) is 0. The zero-order valence-electron chi connectivity index (χ0n) is 10.9. The fourth-order valence-electron chi connectivity index (χ4n) is 2.23. The van der Waals surface area contributed by atoms with Crippen LogP contribution >= 0.6 is 0 Å². The Balaban J connectivity index is 1.59. The lowest BCUT2D eigenvalue weighted by molar-refractivity contribution is 0.102. The van der Waals surface area contributed by atoms with Gasteiger partial charge in [-0.05, 0) is 30.3 Å². The Morgan fingerprint density at radius 3 is 3.05 bits per heavy atom. The van der Waals surface area contributed by atoms with E-state index in [0.717, 1.165) is 5.65 Å². The van der Waals surface area contributed by atoms with E-state index in [1.54, 1.807) is 24.4 Å². The molecule has 104 valence electrons. The van der Waals surface area contributed by atoms with Gasteiger partial charge in [-0.25, -0.2) is 4.98 Å². The van der Waals surface area contributed by atoms with Crippen LogP contribution in [0.4, 0.5) is 5.69 Å². The Kier molecular flexibility index (Phi) is 2.53. The molecule has 0 fully saturated rings. The highest BCUT2D eigenvalue weighted by Crippen LogP contribution is 2.32. The summed E-state index contributed by atoms with van der Waals surface area (Å²) >= 11 is 0. The van der Waals surface area contributed by atoms with E-state index in [1.165, 1.54) is 0 Å². The molecule has 0 aliphatic carbocycles. The van der Waals surface area contributed by atoms with Crippen molar-refractivity contribution in [1.82, 2.24) is 9.38 Å². The SMILES string of the molecule is O=C(Nc1ccc2nccn2c1)c1ccc2c(c1)OCO2. The highest BCUT2D eigenvalue weighted by molar-refractivity contribution is 6.04. The molecular weight excluding hydrogens is 270 g/mol. The minimum Gasteiger partial charge on any atom is -0.454 e. The minimum atomic E-state index is -0.201. The van der Waals surface area contributed by atoms with E-state index in [9.17, 15) is 4.79 Å². The first kappa shape index (κ1) is 11.8. The first-order chi connectivity index (χ1) is 10.3. The number of benzene rings is 1. The summed E-state index contributed by atoms with van der Waals surface area (Å²) in [6, 6.07) is 8.77. The lowest BCUT2D eigenvalue weighted by Crippen LogP contribution is -2.12. The molecule has 0 saturated heterocycles. The molecule has 6 nitrogen and oxygen atoms in total. The molecule has 0 atom stereocenters. The maximum absolute atomic E-state index is 12.3. The highest BCUT2D eigenvalue weighted by atomic mass is 16.7. The van der Waals surface area contributed by atoms with E-state index >= 15 is 0 Å². The Morgan fingerprint density at radius 2 is 2.10 bits per heavy atom. The van der Waals surface area contributed by atoms with Crippen LogP contribution in [0.1, 0.15) is 10.4 Å². The van der Waals surface area contributed by atoms with Crippen LogP contribution in [-0.4, -0.2) is 22.1 Å². The number of ether oxygens (including phenoxy) is 2. The average Bonchev–Trinajstić information content (AvgIpc) is 3.14. The van der Waals surface area contributed by atoms with Crippen molar-refractivity contribution in [3.8, 4) is 11.5 Å². The van der Waals surface area contributed by atoms with E-state index in [4.69, 9.17) is 9.47 Å². The lowest BCUT2D eigenvalue weighted by atomic mass is 10.2. The van der Waals surface area contributed by atoms with Crippen molar-refractivity contribution in [2.24, 2.45) is 0 Å². The normalized spacial score (nSPS) is 12.6. The largest absolute Gasteiger partial charge is 0.454 e. The molecular formula is C15H11N3O3. The number of anilines is 1. The number of aromatic nitrogens is 2. The number of amides is 1. The second-order valence-electron chi connectivity index (χ2n) is 4.63. The fourth-order valence-corrected chi connectivity index (χ4v) is 2.23. The molecule has 1 aliphatic heterocycles. The van der Waals surface area contributed by atoms with Gasteiger partial charge in [0, 0.05) is 24.2 Å². The van der Waals surface area contributed by atoms with Crippen molar-refractivity contribution in [1.29, 1.82) is 0 Å². The van der Waals surface area contributed by atoms with Crippen LogP contribution in [0, 0.1) is 0 Å². The Labute approximate surface area is 119 Å². The number of hydrogen-bond donors (Lipinski definition) is 1. The van der Waals surface area contributed by atoms with E-state index in [0.29, 0.717) is 22.7 Å². The van der Waals surface area contributed by atoms with Gasteiger partial charge in [-0.1, -0.05) is 0 Å². The number of rotatable bonds is 2. The molecule has 21 heavy (non-hydrogen) atoms. The molecule has 0 radical (unpaired) electrons. The molecule has 4 rings (SSSR count). The number of carbonyl (C=O) groups is 1. The first-order valence-corrected chi connectivity index (χ1v) is 6.43. The third-order valence-electron chi connectivity index (χ3n) is 3.28. The van der Waals surface area contributed by atoms with Crippen molar-refractivity contribution >= 4 is 17.2 Å².